The second kappa shape index (κ2) is 21.3. The summed E-state index contributed by atoms with van der Waals surface area (Å²) in [5, 5.41) is 0. The predicted octanol–water partition coefficient (Wildman–Crippen LogP) is 14.4. The Morgan fingerprint density at radius 1 is 0.750 bits per heavy atom. The number of esters is 1. The molecule has 0 spiro atoms. The first-order chi connectivity index (χ1) is 25.1. The van der Waals surface area contributed by atoms with Crippen molar-refractivity contribution in [3.05, 3.63) is 96.7 Å². The van der Waals surface area contributed by atoms with Gasteiger partial charge in [0.25, 0.3) is 0 Å². The SMILES string of the molecule is CC/C=C\C/C=C\C/C=C\C/C=C\C/C=C\C/C=C\CCC(=O)OC1CCC2(C)C(=CCC3C2CCC2(C)C(C(C)/C=C/C(C)C(C)C)CCC32)C1. The van der Waals surface area contributed by atoms with E-state index in [9.17, 15) is 4.79 Å². The number of hydrogen-bond donors (Lipinski definition) is 0. The van der Waals surface area contributed by atoms with Gasteiger partial charge < -0.3 is 4.74 Å². The third-order valence-corrected chi connectivity index (χ3v) is 13.9. The van der Waals surface area contributed by atoms with E-state index in [1.165, 1.54) is 38.5 Å². The van der Waals surface area contributed by atoms with Crippen molar-refractivity contribution in [1.29, 1.82) is 0 Å². The second-order valence-corrected chi connectivity index (χ2v) is 17.6. The van der Waals surface area contributed by atoms with Gasteiger partial charge >= 0.3 is 5.97 Å². The highest BCUT2D eigenvalue weighted by molar-refractivity contribution is 5.69. The summed E-state index contributed by atoms with van der Waals surface area (Å²) >= 11 is 0. The Hall–Kier alpha value is -2.61. The molecule has 2 heteroatoms. The van der Waals surface area contributed by atoms with Gasteiger partial charge in [-0.2, -0.15) is 0 Å². The van der Waals surface area contributed by atoms with Crippen LogP contribution < -0.4 is 0 Å². The normalized spacial score (nSPS) is 32.2. The first-order valence-corrected chi connectivity index (χ1v) is 21.6. The molecular formula is C50H76O2. The molecule has 4 aliphatic rings. The fourth-order valence-electron chi connectivity index (χ4n) is 10.4. The van der Waals surface area contributed by atoms with Gasteiger partial charge in [-0.15, -0.1) is 0 Å². The molecule has 4 aliphatic carbocycles. The molecule has 9 atom stereocenters. The molecule has 0 aromatic heterocycles. The van der Waals surface area contributed by atoms with Crippen molar-refractivity contribution in [2.45, 2.75) is 157 Å². The van der Waals surface area contributed by atoms with Crippen molar-refractivity contribution in [3.8, 4) is 0 Å². The van der Waals surface area contributed by atoms with Crippen LogP contribution in [0, 0.1) is 52.3 Å². The molecule has 288 valence electrons. The van der Waals surface area contributed by atoms with E-state index in [-0.39, 0.29) is 17.5 Å². The number of hydrogen-bond acceptors (Lipinski definition) is 2. The molecular weight excluding hydrogens is 633 g/mol. The Bertz CT molecular complexity index is 1330. The first-order valence-electron chi connectivity index (χ1n) is 21.6. The number of rotatable bonds is 19. The zero-order chi connectivity index (χ0) is 37.4. The van der Waals surface area contributed by atoms with E-state index in [0.717, 1.165) is 81.5 Å². The van der Waals surface area contributed by atoms with E-state index in [2.05, 4.69) is 140 Å². The van der Waals surface area contributed by atoms with Gasteiger partial charge in [0.2, 0.25) is 0 Å². The minimum absolute atomic E-state index is 0.0289. The van der Waals surface area contributed by atoms with Crippen molar-refractivity contribution in [1.82, 2.24) is 0 Å². The van der Waals surface area contributed by atoms with Crippen LogP contribution in [0.2, 0.25) is 0 Å². The maximum atomic E-state index is 12.8. The fourth-order valence-corrected chi connectivity index (χ4v) is 10.4. The quantitative estimate of drug-likeness (QED) is 0.0986. The average molecular weight is 709 g/mol. The van der Waals surface area contributed by atoms with Crippen LogP contribution in [0.5, 0.6) is 0 Å². The summed E-state index contributed by atoms with van der Waals surface area (Å²) in [7, 11) is 0. The maximum Gasteiger partial charge on any atom is 0.306 e. The van der Waals surface area contributed by atoms with Gasteiger partial charge in [-0.05, 0) is 142 Å². The third kappa shape index (κ3) is 11.7. The molecule has 52 heavy (non-hydrogen) atoms. The molecule has 4 rings (SSSR count). The Kier molecular flexibility index (Phi) is 17.3. The lowest BCUT2D eigenvalue weighted by atomic mass is 9.47. The minimum atomic E-state index is -0.0289. The summed E-state index contributed by atoms with van der Waals surface area (Å²) in [6.07, 6.45) is 51.5. The lowest BCUT2D eigenvalue weighted by molar-refractivity contribution is -0.151. The monoisotopic (exact) mass is 709 g/mol. The number of allylic oxidation sites excluding steroid dienone is 15. The van der Waals surface area contributed by atoms with E-state index in [4.69, 9.17) is 4.74 Å². The average Bonchev–Trinajstić information content (AvgIpc) is 3.48. The summed E-state index contributed by atoms with van der Waals surface area (Å²) in [6, 6.07) is 0. The van der Waals surface area contributed by atoms with Crippen LogP contribution in [0.25, 0.3) is 0 Å². The Labute approximate surface area is 320 Å². The molecule has 0 radical (unpaired) electrons. The van der Waals surface area contributed by atoms with Gasteiger partial charge in [0, 0.05) is 12.8 Å². The van der Waals surface area contributed by atoms with Crippen LogP contribution in [-0.2, 0) is 9.53 Å². The van der Waals surface area contributed by atoms with Crippen LogP contribution in [0.4, 0.5) is 0 Å². The van der Waals surface area contributed by atoms with Crippen molar-refractivity contribution in [2.75, 3.05) is 0 Å². The molecule has 2 nitrogen and oxygen atoms in total. The third-order valence-electron chi connectivity index (χ3n) is 13.9. The highest BCUT2D eigenvalue weighted by Gasteiger charge is 2.59. The Morgan fingerprint density at radius 2 is 1.35 bits per heavy atom. The van der Waals surface area contributed by atoms with Gasteiger partial charge in [0.1, 0.15) is 6.10 Å². The molecule has 0 N–H and O–H groups in total. The zero-order valence-corrected chi connectivity index (χ0v) is 34.4. The molecule has 0 aliphatic heterocycles. The maximum absolute atomic E-state index is 12.8. The second-order valence-electron chi connectivity index (χ2n) is 17.6. The van der Waals surface area contributed by atoms with Crippen molar-refractivity contribution < 1.29 is 9.53 Å². The van der Waals surface area contributed by atoms with Crippen LogP contribution in [0.15, 0.2) is 96.7 Å². The topological polar surface area (TPSA) is 26.3 Å². The Morgan fingerprint density at radius 3 is 1.94 bits per heavy atom. The van der Waals surface area contributed by atoms with Crippen LogP contribution in [0.3, 0.4) is 0 Å². The molecule has 0 aromatic carbocycles. The van der Waals surface area contributed by atoms with E-state index < -0.39 is 0 Å². The predicted molar refractivity (Wildman–Crippen MR) is 225 cm³/mol. The van der Waals surface area contributed by atoms with Crippen molar-refractivity contribution in [2.24, 2.45) is 52.3 Å². The lowest BCUT2D eigenvalue weighted by Gasteiger charge is -2.58. The highest BCUT2D eigenvalue weighted by Crippen LogP contribution is 2.67. The minimum Gasteiger partial charge on any atom is -0.462 e. The largest absolute Gasteiger partial charge is 0.462 e. The van der Waals surface area contributed by atoms with Crippen molar-refractivity contribution in [3.63, 3.8) is 0 Å². The fraction of sp³-hybridized carbons (Fsp3) is 0.660. The molecule has 0 aromatic rings. The standard InChI is InChI=1S/C50H76O2/c1-8-9-10-11-12-13-14-15-16-17-18-19-20-21-22-23-24-25-26-27-48(51)52-43-34-36-49(6)42(38-43)30-31-44-46-33-32-45(50(46,7)37-35-47(44)49)41(5)29-28-40(4)39(2)3/h9-10,12-13,15-16,18-19,21-22,24-25,28-30,39-41,43-47H,8,11,14,17,20,23,26-27,31-38H2,1-7H3/b10-9-,13-12-,16-15-,19-18-,22-21-,25-24-,29-28+. The summed E-state index contributed by atoms with van der Waals surface area (Å²) in [5.41, 5.74) is 2.37. The number of carbonyl (C=O) groups is 1. The Balaban J connectivity index is 1.13. The first kappa shape index (κ1) is 42.1. The number of fused-ring (bicyclic) bond motifs is 5. The van der Waals surface area contributed by atoms with Crippen LogP contribution in [0.1, 0.15) is 151 Å². The van der Waals surface area contributed by atoms with Gasteiger partial charge in [0.05, 0.1) is 0 Å². The molecule has 0 bridgehead atoms. The van der Waals surface area contributed by atoms with E-state index >= 15 is 0 Å². The van der Waals surface area contributed by atoms with Crippen molar-refractivity contribution >= 4 is 5.97 Å². The molecule has 0 saturated heterocycles. The van der Waals surface area contributed by atoms with E-state index in [0.29, 0.717) is 29.6 Å². The lowest BCUT2D eigenvalue weighted by Crippen LogP contribution is -2.51. The smallest absolute Gasteiger partial charge is 0.306 e. The van der Waals surface area contributed by atoms with Gasteiger partial charge in [-0.25, -0.2) is 0 Å². The molecule has 9 unspecified atom stereocenters. The van der Waals surface area contributed by atoms with Crippen LogP contribution >= 0.6 is 0 Å². The zero-order valence-electron chi connectivity index (χ0n) is 34.4. The summed E-state index contributed by atoms with van der Waals surface area (Å²) in [6.45, 7) is 17.0. The van der Waals surface area contributed by atoms with Crippen LogP contribution in [-0.4, -0.2) is 12.1 Å². The van der Waals surface area contributed by atoms with E-state index in [1.807, 2.05) is 0 Å². The number of ether oxygens (including phenoxy) is 1. The van der Waals surface area contributed by atoms with Gasteiger partial charge in [-0.3, -0.25) is 4.79 Å². The van der Waals surface area contributed by atoms with E-state index in [1.54, 1.807) is 5.57 Å². The summed E-state index contributed by atoms with van der Waals surface area (Å²) < 4.78 is 6.09. The molecule has 3 saturated carbocycles. The van der Waals surface area contributed by atoms with Gasteiger partial charge in [-0.1, -0.05) is 145 Å². The van der Waals surface area contributed by atoms with Gasteiger partial charge in [0.15, 0.2) is 0 Å². The summed E-state index contributed by atoms with van der Waals surface area (Å²) in [4.78, 5) is 12.8. The molecule has 0 amide bonds. The molecule has 0 heterocycles. The highest BCUT2D eigenvalue weighted by atomic mass is 16.5. The summed E-state index contributed by atoms with van der Waals surface area (Å²) in [5.74, 6) is 5.29. The number of carbonyl (C=O) groups excluding carboxylic acids is 1. The molecule has 3 fully saturated rings.